The van der Waals surface area contributed by atoms with Crippen molar-refractivity contribution in [3.05, 3.63) is 35.5 Å². The molecule has 1 aromatic heterocycles. The van der Waals surface area contributed by atoms with Crippen molar-refractivity contribution in [3.8, 4) is 0 Å². The van der Waals surface area contributed by atoms with Crippen molar-refractivity contribution < 1.29 is 13.2 Å². The monoisotopic (exact) mass is 283 g/mol. The Labute approximate surface area is 115 Å². The molecule has 1 aromatic carbocycles. The lowest BCUT2D eigenvalue weighted by molar-refractivity contribution is -0.140. The Kier molecular flexibility index (Phi) is 3.37. The van der Waals surface area contributed by atoms with Crippen LogP contribution in [-0.2, 0) is 11.6 Å². The highest BCUT2D eigenvalue weighted by atomic mass is 19.4. The van der Waals surface area contributed by atoms with E-state index in [0.29, 0.717) is 10.9 Å². The molecule has 6 heteroatoms. The van der Waals surface area contributed by atoms with E-state index in [2.05, 4.69) is 10.4 Å². The number of aromatic nitrogens is 1. The Balaban J connectivity index is 2.87. The first kappa shape index (κ1) is 14.6. The van der Waals surface area contributed by atoms with Crippen LogP contribution in [0.5, 0.6) is 0 Å². The zero-order valence-electron chi connectivity index (χ0n) is 11.5. The standard InChI is InChI=1S/C14H16F3N3/c1-13(2,3)9-6-4-5-8-10(20-18)7-11(14(15,16)17)19-12(8)9/h4-7H,18H2,1-3H3,(H,19,20). The van der Waals surface area contributed by atoms with E-state index in [1.807, 2.05) is 20.8 Å². The number of halogens is 3. The SMILES string of the molecule is CC(C)(C)c1cccc2c(NN)cc(C(F)(F)F)nc12. The summed E-state index contributed by atoms with van der Waals surface area (Å²) >= 11 is 0. The van der Waals surface area contributed by atoms with Crippen molar-refractivity contribution in [1.29, 1.82) is 0 Å². The van der Waals surface area contributed by atoms with Crippen LogP contribution in [0.1, 0.15) is 32.0 Å². The number of para-hydroxylation sites is 1. The number of nitrogens with two attached hydrogens (primary N) is 1. The molecule has 0 radical (unpaired) electrons. The summed E-state index contributed by atoms with van der Waals surface area (Å²) in [5.41, 5.74) is 2.34. The first-order valence-electron chi connectivity index (χ1n) is 6.12. The van der Waals surface area contributed by atoms with E-state index in [0.717, 1.165) is 11.6 Å². The number of pyridine rings is 1. The van der Waals surface area contributed by atoms with Gasteiger partial charge < -0.3 is 5.43 Å². The molecule has 1 heterocycles. The molecule has 0 aliphatic heterocycles. The smallest absolute Gasteiger partial charge is 0.323 e. The number of rotatable bonds is 1. The molecule has 0 fully saturated rings. The van der Waals surface area contributed by atoms with Crippen molar-refractivity contribution >= 4 is 16.6 Å². The maximum Gasteiger partial charge on any atom is 0.433 e. The van der Waals surface area contributed by atoms with Crippen LogP contribution in [-0.4, -0.2) is 4.98 Å². The van der Waals surface area contributed by atoms with E-state index in [4.69, 9.17) is 5.84 Å². The van der Waals surface area contributed by atoms with Gasteiger partial charge in [0.25, 0.3) is 0 Å². The highest BCUT2D eigenvalue weighted by molar-refractivity contribution is 5.93. The molecule has 108 valence electrons. The van der Waals surface area contributed by atoms with E-state index in [1.54, 1.807) is 18.2 Å². The second-order valence-electron chi connectivity index (χ2n) is 5.65. The van der Waals surface area contributed by atoms with Gasteiger partial charge in [0.15, 0.2) is 0 Å². The number of hydrazine groups is 1. The average molecular weight is 283 g/mol. The number of benzene rings is 1. The van der Waals surface area contributed by atoms with Gasteiger partial charge in [0.2, 0.25) is 0 Å². The zero-order chi connectivity index (χ0) is 15.1. The summed E-state index contributed by atoms with van der Waals surface area (Å²) in [7, 11) is 0. The molecule has 0 saturated carbocycles. The van der Waals surface area contributed by atoms with E-state index >= 15 is 0 Å². The van der Waals surface area contributed by atoms with Gasteiger partial charge in [0.05, 0.1) is 11.2 Å². The molecular formula is C14H16F3N3. The fourth-order valence-electron chi connectivity index (χ4n) is 2.12. The average Bonchev–Trinajstić information content (AvgIpc) is 2.34. The highest BCUT2D eigenvalue weighted by Gasteiger charge is 2.34. The Morgan fingerprint density at radius 1 is 1.15 bits per heavy atom. The molecule has 0 amide bonds. The quantitative estimate of drug-likeness (QED) is 0.617. The maximum absolute atomic E-state index is 12.9. The van der Waals surface area contributed by atoms with Gasteiger partial charge in [-0.05, 0) is 17.0 Å². The lowest BCUT2D eigenvalue weighted by atomic mass is 9.85. The molecule has 2 aromatic rings. The van der Waals surface area contributed by atoms with Gasteiger partial charge in [-0.1, -0.05) is 39.0 Å². The fraction of sp³-hybridized carbons (Fsp3) is 0.357. The van der Waals surface area contributed by atoms with E-state index in [-0.39, 0.29) is 11.1 Å². The molecule has 0 bridgehead atoms. The number of fused-ring (bicyclic) bond motifs is 1. The summed E-state index contributed by atoms with van der Waals surface area (Å²) < 4.78 is 38.8. The van der Waals surface area contributed by atoms with Crippen LogP contribution in [0.25, 0.3) is 10.9 Å². The molecule has 0 atom stereocenters. The van der Waals surface area contributed by atoms with Crippen molar-refractivity contribution in [3.63, 3.8) is 0 Å². The largest absolute Gasteiger partial charge is 0.433 e. The Morgan fingerprint density at radius 3 is 2.30 bits per heavy atom. The third-order valence-corrected chi connectivity index (χ3v) is 3.09. The van der Waals surface area contributed by atoms with Crippen LogP contribution in [0, 0.1) is 0 Å². The van der Waals surface area contributed by atoms with Crippen LogP contribution < -0.4 is 11.3 Å². The summed E-state index contributed by atoms with van der Waals surface area (Å²) in [5, 5.41) is 0.577. The molecule has 0 aliphatic carbocycles. The van der Waals surface area contributed by atoms with E-state index in [1.165, 1.54) is 0 Å². The minimum Gasteiger partial charge on any atom is -0.323 e. The number of nitrogens with one attached hydrogen (secondary N) is 1. The molecule has 0 unspecified atom stereocenters. The second kappa shape index (κ2) is 4.63. The van der Waals surface area contributed by atoms with Gasteiger partial charge in [0, 0.05) is 5.39 Å². The van der Waals surface area contributed by atoms with Gasteiger partial charge in [-0.2, -0.15) is 13.2 Å². The highest BCUT2D eigenvalue weighted by Crippen LogP contribution is 2.36. The summed E-state index contributed by atoms with van der Waals surface area (Å²) in [6, 6.07) is 6.20. The number of anilines is 1. The van der Waals surface area contributed by atoms with Crippen LogP contribution in [0.4, 0.5) is 18.9 Å². The van der Waals surface area contributed by atoms with E-state index < -0.39 is 11.9 Å². The van der Waals surface area contributed by atoms with Gasteiger partial charge in [0.1, 0.15) is 5.69 Å². The van der Waals surface area contributed by atoms with Crippen molar-refractivity contribution in [2.75, 3.05) is 5.43 Å². The number of nitrogens with zero attached hydrogens (tertiary/aromatic N) is 1. The van der Waals surface area contributed by atoms with Gasteiger partial charge >= 0.3 is 6.18 Å². The summed E-state index contributed by atoms with van der Waals surface area (Å²) in [6.07, 6.45) is -4.51. The summed E-state index contributed by atoms with van der Waals surface area (Å²) in [6.45, 7) is 5.79. The lowest BCUT2D eigenvalue weighted by Crippen LogP contribution is -2.16. The number of hydrogen-bond acceptors (Lipinski definition) is 3. The maximum atomic E-state index is 12.9. The third-order valence-electron chi connectivity index (χ3n) is 3.09. The summed E-state index contributed by atoms with van der Waals surface area (Å²) in [4.78, 5) is 3.80. The second-order valence-corrected chi connectivity index (χ2v) is 5.65. The first-order chi connectivity index (χ1) is 9.14. The number of nitrogen functional groups attached to an aromatic ring is 1. The minimum atomic E-state index is -4.51. The molecule has 2 rings (SSSR count). The molecule has 20 heavy (non-hydrogen) atoms. The zero-order valence-corrected chi connectivity index (χ0v) is 11.5. The van der Waals surface area contributed by atoms with Crippen LogP contribution in [0.2, 0.25) is 0 Å². The Morgan fingerprint density at radius 2 is 1.80 bits per heavy atom. The molecule has 3 N–H and O–H groups in total. The molecule has 0 aliphatic rings. The normalized spacial score (nSPS) is 12.8. The topological polar surface area (TPSA) is 50.9 Å². The minimum absolute atomic E-state index is 0.216. The molecular weight excluding hydrogens is 267 g/mol. The number of hydrogen-bond donors (Lipinski definition) is 2. The summed E-state index contributed by atoms with van der Waals surface area (Å²) in [5.74, 6) is 5.34. The van der Waals surface area contributed by atoms with Crippen LogP contribution >= 0.6 is 0 Å². The Hall–Kier alpha value is -1.82. The van der Waals surface area contributed by atoms with Crippen molar-refractivity contribution in [1.82, 2.24) is 4.98 Å². The predicted molar refractivity (Wildman–Crippen MR) is 73.3 cm³/mol. The third kappa shape index (κ3) is 2.56. The predicted octanol–water partition coefficient (Wildman–Crippen LogP) is 3.84. The lowest BCUT2D eigenvalue weighted by Gasteiger charge is -2.22. The van der Waals surface area contributed by atoms with Gasteiger partial charge in [-0.15, -0.1) is 0 Å². The Bertz CT molecular complexity index is 642. The van der Waals surface area contributed by atoms with Crippen LogP contribution in [0.15, 0.2) is 24.3 Å². The van der Waals surface area contributed by atoms with E-state index in [9.17, 15) is 13.2 Å². The van der Waals surface area contributed by atoms with Crippen LogP contribution in [0.3, 0.4) is 0 Å². The molecule has 3 nitrogen and oxygen atoms in total. The molecule has 0 saturated heterocycles. The first-order valence-corrected chi connectivity index (χ1v) is 6.12. The molecule has 0 spiro atoms. The number of alkyl halides is 3. The van der Waals surface area contributed by atoms with Crippen molar-refractivity contribution in [2.24, 2.45) is 5.84 Å². The van der Waals surface area contributed by atoms with Crippen molar-refractivity contribution in [2.45, 2.75) is 32.4 Å². The van der Waals surface area contributed by atoms with Gasteiger partial charge in [-0.3, -0.25) is 5.84 Å². The van der Waals surface area contributed by atoms with Gasteiger partial charge in [-0.25, -0.2) is 4.98 Å². The fourth-order valence-corrected chi connectivity index (χ4v) is 2.12.